The molecule has 0 aromatic heterocycles. The Kier molecular flexibility index (Phi) is 16.1. The molecule has 5 aliphatic rings. The molecular weight excluding hydrogens is 1080 g/mol. The number of ether oxygens (including phenoxy) is 7. The number of piperazine rings is 1. The van der Waals surface area contributed by atoms with E-state index in [-0.39, 0.29) is 61.2 Å². The summed E-state index contributed by atoms with van der Waals surface area (Å²) in [5, 5.41) is 21.8. The van der Waals surface area contributed by atoms with E-state index in [1.54, 1.807) is 35.2 Å². The van der Waals surface area contributed by atoms with E-state index in [1.165, 1.54) is 36.4 Å². The number of nitrogens with zero attached hydrogens (tertiary/aromatic N) is 5. The standard InChI is InChI=1S/C63H57N5O16/c1-78-58(71)46(59(72)79-2)18-11-12-39-22-26-48-47(34-39)63(61(74)66(48)62(75)81-37-40-20-24-44(25-21-40)68(76)77)52(57(70)65-30-28-64(29-31-65)36-41-23-27-50-51(35-41)83-38-82-50)54-60(73)84-55(43-15-7-4-8-16-43)53(42-13-5-3-6-14-42)67(54)56(63)45-17-9-10-19-49(45)80-33-32-69/h3-10,13-17,19-27,34-35,46,52-56,69H,18,28-33,36-38H2,1-2H3. The highest BCUT2D eigenvalue weighted by Crippen LogP contribution is 2.67. The molecule has 11 rings (SSSR count). The zero-order valence-corrected chi connectivity index (χ0v) is 45.7. The summed E-state index contributed by atoms with van der Waals surface area (Å²) in [6.45, 7) is 0.658. The summed E-state index contributed by atoms with van der Waals surface area (Å²) < 4.78 is 40.0. The Balaban J connectivity index is 1.12. The first kappa shape index (κ1) is 56.3. The molecule has 6 unspecified atom stereocenters. The second-order valence-electron chi connectivity index (χ2n) is 20.6. The molecule has 6 aromatic carbocycles. The molecule has 0 aliphatic carbocycles. The summed E-state index contributed by atoms with van der Waals surface area (Å²) in [4.78, 5) is 108. The normalized spacial score (nSPS) is 21.5. The maximum absolute atomic E-state index is 17.0. The van der Waals surface area contributed by atoms with Crippen LogP contribution in [0.1, 0.15) is 63.6 Å². The largest absolute Gasteiger partial charge is 0.491 e. The number of esters is 3. The number of imide groups is 1. The first-order valence-electron chi connectivity index (χ1n) is 27.2. The molecule has 5 aliphatic heterocycles. The number of non-ortho nitro benzene ring substituents is 1. The van der Waals surface area contributed by atoms with Crippen LogP contribution in [-0.4, -0.2) is 127 Å². The smallest absolute Gasteiger partial charge is 0.421 e. The van der Waals surface area contributed by atoms with Gasteiger partial charge in [-0.25, -0.2) is 9.69 Å². The third-order valence-electron chi connectivity index (χ3n) is 16.0. The molecular formula is C63H57N5O16. The van der Waals surface area contributed by atoms with Crippen molar-refractivity contribution in [3.05, 3.63) is 195 Å². The number of anilines is 1. The SMILES string of the molecule is COC(=O)C(CC#Cc1ccc2c(c1)C1(C(=O)N2C(=O)OCc2ccc([N+](=O)[O-])cc2)C(C(=O)N2CCN(Cc3ccc4c(c3)OCO4)CC2)C2C(=O)OC(c3ccccc3)C(c3ccccc3)N2C1c1ccccc1OCCO)C(=O)OC. The van der Waals surface area contributed by atoms with E-state index in [2.05, 4.69) is 16.7 Å². The summed E-state index contributed by atoms with van der Waals surface area (Å²) in [6, 6.07) is 36.9. The summed E-state index contributed by atoms with van der Waals surface area (Å²) in [6.07, 6.45) is -2.57. The van der Waals surface area contributed by atoms with E-state index >= 15 is 19.2 Å². The van der Waals surface area contributed by atoms with Crippen molar-refractivity contribution in [1.82, 2.24) is 14.7 Å². The van der Waals surface area contributed by atoms with Crippen molar-refractivity contribution in [2.45, 2.75) is 49.2 Å². The van der Waals surface area contributed by atoms with Gasteiger partial charge in [0, 0.05) is 62.4 Å². The fraction of sp³-hybridized carbons (Fsp3) is 0.302. The van der Waals surface area contributed by atoms with Crippen molar-refractivity contribution < 1.29 is 72.0 Å². The number of fused-ring (bicyclic) bond motifs is 4. The lowest BCUT2D eigenvalue weighted by molar-refractivity contribution is -0.384. The average molecular weight is 1140 g/mol. The molecule has 6 atom stereocenters. The predicted octanol–water partition coefficient (Wildman–Crippen LogP) is 6.75. The van der Waals surface area contributed by atoms with Crippen molar-refractivity contribution in [1.29, 1.82) is 0 Å². The van der Waals surface area contributed by atoms with E-state index in [0.717, 1.165) is 24.7 Å². The minimum absolute atomic E-state index is 0.0181. The monoisotopic (exact) mass is 1140 g/mol. The van der Waals surface area contributed by atoms with Gasteiger partial charge in [-0.3, -0.25) is 43.9 Å². The average Bonchev–Trinajstić information content (AvgIpc) is 2.75. The molecule has 5 heterocycles. The van der Waals surface area contributed by atoms with E-state index in [0.29, 0.717) is 53.4 Å². The van der Waals surface area contributed by atoms with Crippen LogP contribution in [0.2, 0.25) is 0 Å². The highest BCUT2D eigenvalue weighted by Gasteiger charge is 2.76. The van der Waals surface area contributed by atoms with Crippen LogP contribution >= 0.6 is 0 Å². The Morgan fingerprint density at radius 2 is 1.44 bits per heavy atom. The van der Waals surface area contributed by atoms with Gasteiger partial charge in [0.05, 0.1) is 49.4 Å². The Bertz CT molecular complexity index is 3570. The molecule has 430 valence electrons. The highest BCUT2D eigenvalue weighted by molar-refractivity contribution is 6.23. The van der Waals surface area contributed by atoms with Crippen molar-refractivity contribution in [2.75, 3.05) is 65.3 Å². The third kappa shape index (κ3) is 10.4. The number of benzene rings is 6. The van der Waals surface area contributed by atoms with Crippen LogP contribution in [0.4, 0.5) is 16.2 Å². The van der Waals surface area contributed by atoms with E-state index in [1.807, 2.05) is 83.8 Å². The lowest BCUT2D eigenvalue weighted by Crippen LogP contribution is -2.59. The molecule has 21 nitrogen and oxygen atoms in total. The molecule has 0 radical (unpaired) electrons. The van der Waals surface area contributed by atoms with Crippen LogP contribution in [0.15, 0.2) is 146 Å². The third-order valence-corrected chi connectivity index (χ3v) is 16.0. The van der Waals surface area contributed by atoms with Crippen LogP contribution in [-0.2, 0) is 61.5 Å². The molecule has 84 heavy (non-hydrogen) atoms. The van der Waals surface area contributed by atoms with Gasteiger partial charge in [-0.15, -0.1) is 0 Å². The van der Waals surface area contributed by atoms with Gasteiger partial charge in [-0.1, -0.05) is 96.8 Å². The quantitative estimate of drug-likeness (QED) is 0.0279. The van der Waals surface area contributed by atoms with Gasteiger partial charge in [0.15, 0.2) is 17.4 Å². The van der Waals surface area contributed by atoms with Gasteiger partial charge in [0.2, 0.25) is 18.6 Å². The van der Waals surface area contributed by atoms with Gasteiger partial charge in [0.1, 0.15) is 36.5 Å². The van der Waals surface area contributed by atoms with Crippen LogP contribution in [0, 0.1) is 33.8 Å². The number of aliphatic hydroxyl groups is 1. The number of para-hydroxylation sites is 1. The minimum atomic E-state index is -2.29. The molecule has 1 N–H and O–H groups in total. The zero-order chi connectivity index (χ0) is 58.6. The van der Waals surface area contributed by atoms with E-state index < -0.39 is 95.4 Å². The first-order chi connectivity index (χ1) is 40.9. The van der Waals surface area contributed by atoms with Crippen LogP contribution in [0.5, 0.6) is 17.2 Å². The van der Waals surface area contributed by atoms with Crippen molar-refractivity contribution in [3.63, 3.8) is 0 Å². The second kappa shape index (κ2) is 24.1. The molecule has 0 bridgehead atoms. The Morgan fingerprint density at radius 1 is 0.774 bits per heavy atom. The fourth-order valence-electron chi connectivity index (χ4n) is 12.3. The molecule has 0 saturated carbocycles. The van der Waals surface area contributed by atoms with Crippen LogP contribution in [0.25, 0.3) is 0 Å². The van der Waals surface area contributed by atoms with Gasteiger partial charge in [0.25, 0.3) is 5.69 Å². The summed E-state index contributed by atoms with van der Waals surface area (Å²) in [7, 11) is 2.26. The van der Waals surface area contributed by atoms with Crippen molar-refractivity contribution >= 4 is 47.2 Å². The lowest BCUT2D eigenvalue weighted by Gasteiger charge is -2.46. The zero-order valence-electron chi connectivity index (χ0n) is 45.7. The van der Waals surface area contributed by atoms with Crippen molar-refractivity contribution in [2.24, 2.45) is 11.8 Å². The Morgan fingerprint density at radius 3 is 2.13 bits per heavy atom. The number of rotatable bonds is 15. The van der Waals surface area contributed by atoms with Gasteiger partial charge >= 0.3 is 24.0 Å². The fourth-order valence-corrected chi connectivity index (χ4v) is 12.3. The first-order valence-corrected chi connectivity index (χ1v) is 27.2. The number of cyclic esters (lactones) is 1. The highest BCUT2D eigenvalue weighted by atomic mass is 16.7. The maximum atomic E-state index is 17.0. The number of aliphatic hydroxyl groups excluding tert-OH is 1. The Labute approximate surface area is 482 Å². The summed E-state index contributed by atoms with van der Waals surface area (Å²) in [5.74, 6) is 0.163. The van der Waals surface area contributed by atoms with Crippen LogP contribution in [0.3, 0.4) is 0 Å². The molecule has 3 fully saturated rings. The number of carbonyl (C=O) groups is 6. The number of methoxy groups -OCH3 is 2. The molecule has 3 amide bonds. The molecule has 1 spiro atoms. The van der Waals surface area contributed by atoms with Crippen molar-refractivity contribution in [3.8, 4) is 29.1 Å². The number of morpholine rings is 1. The maximum Gasteiger partial charge on any atom is 0.421 e. The molecule has 3 saturated heterocycles. The predicted molar refractivity (Wildman–Crippen MR) is 298 cm³/mol. The van der Waals surface area contributed by atoms with Gasteiger partial charge in [-0.2, -0.15) is 0 Å². The van der Waals surface area contributed by atoms with Gasteiger partial charge < -0.3 is 43.2 Å². The topological polar surface area (TPSA) is 243 Å². The number of carbonyl (C=O) groups excluding carboxylic acids is 6. The minimum Gasteiger partial charge on any atom is -0.491 e. The molecule has 21 heteroatoms. The van der Waals surface area contributed by atoms with E-state index in [4.69, 9.17) is 33.2 Å². The number of nitro groups is 1. The lowest BCUT2D eigenvalue weighted by atomic mass is 9.64. The number of hydrogen-bond acceptors (Lipinski definition) is 18. The van der Waals surface area contributed by atoms with Crippen LogP contribution < -0.4 is 19.1 Å². The number of amides is 3. The van der Waals surface area contributed by atoms with Gasteiger partial charge in [-0.05, 0) is 76.3 Å². The molecule has 6 aromatic rings. The Hall–Kier alpha value is -9.62. The second-order valence-corrected chi connectivity index (χ2v) is 20.6. The summed E-state index contributed by atoms with van der Waals surface area (Å²) >= 11 is 0. The number of hydrogen-bond donors (Lipinski definition) is 1. The summed E-state index contributed by atoms with van der Waals surface area (Å²) in [5.41, 5.74) is 0.694. The number of nitro benzene ring substituents is 1. The van der Waals surface area contributed by atoms with E-state index in [9.17, 15) is 24.8 Å².